The normalized spacial score (nSPS) is 10.8. The molecule has 0 aliphatic carbocycles. The topological polar surface area (TPSA) is 59.7 Å². The number of anilines is 2. The summed E-state index contributed by atoms with van der Waals surface area (Å²) in [6.45, 7) is 3.08. The maximum absolute atomic E-state index is 13.9. The second-order valence-electron chi connectivity index (χ2n) is 7.05. The smallest absolute Gasteiger partial charge is 0.176 e. The van der Waals surface area contributed by atoms with Gasteiger partial charge in [-0.3, -0.25) is 9.36 Å². The van der Waals surface area contributed by atoms with Crippen LogP contribution in [0.2, 0.25) is 0 Å². The van der Waals surface area contributed by atoms with E-state index < -0.39 is 0 Å². The molecule has 4 rings (SSSR count). The third-order valence-electron chi connectivity index (χ3n) is 4.72. The van der Waals surface area contributed by atoms with Gasteiger partial charge in [-0.15, -0.1) is 0 Å². The summed E-state index contributed by atoms with van der Waals surface area (Å²) in [6, 6.07) is 14.9. The summed E-state index contributed by atoms with van der Waals surface area (Å²) in [5, 5.41) is 15.4. The maximum atomic E-state index is 13.9. The van der Waals surface area contributed by atoms with E-state index in [9.17, 15) is 4.39 Å². The number of thiocarbonyl (C=S) groups is 1. The molecular weight excluding hydrogens is 479 g/mol. The number of halogens is 2. The Morgan fingerprint density at radius 2 is 1.71 bits per heavy atom. The van der Waals surface area contributed by atoms with Crippen molar-refractivity contribution in [3.05, 3.63) is 94.1 Å². The summed E-state index contributed by atoms with van der Waals surface area (Å²) in [5.74, 6) is 0.282. The van der Waals surface area contributed by atoms with Crippen LogP contribution in [0.5, 0.6) is 0 Å². The first-order valence-electron chi connectivity index (χ1n) is 9.59. The molecule has 158 valence electrons. The van der Waals surface area contributed by atoms with Gasteiger partial charge < -0.3 is 10.6 Å². The molecule has 2 aromatic heterocycles. The molecular formula is C22H20BrFN6S. The average molecular weight is 499 g/mol. The van der Waals surface area contributed by atoms with E-state index in [1.807, 2.05) is 23.0 Å². The molecule has 0 aliphatic heterocycles. The lowest BCUT2D eigenvalue weighted by atomic mass is 10.1. The van der Waals surface area contributed by atoms with Crippen molar-refractivity contribution >= 4 is 44.8 Å². The molecule has 6 nitrogen and oxygen atoms in total. The van der Waals surface area contributed by atoms with E-state index >= 15 is 0 Å². The lowest BCUT2D eigenvalue weighted by molar-refractivity contribution is 0.586. The van der Waals surface area contributed by atoms with Gasteiger partial charge in [-0.25, -0.2) is 4.39 Å². The highest BCUT2D eigenvalue weighted by atomic mass is 79.9. The van der Waals surface area contributed by atoms with Crippen LogP contribution in [0.3, 0.4) is 0 Å². The average Bonchev–Trinajstić information content (AvgIpc) is 3.31. The molecule has 9 heteroatoms. The molecule has 0 aliphatic rings. The van der Waals surface area contributed by atoms with Gasteiger partial charge in [0.15, 0.2) is 10.9 Å². The fourth-order valence-corrected chi connectivity index (χ4v) is 3.74. The quantitative estimate of drug-likeness (QED) is 0.358. The van der Waals surface area contributed by atoms with Crippen LogP contribution in [0, 0.1) is 12.7 Å². The number of hydrogen-bond acceptors (Lipinski definition) is 3. The minimum Gasteiger partial charge on any atom is -0.330 e. The minimum absolute atomic E-state index is 0.261. The molecule has 0 unspecified atom stereocenters. The second kappa shape index (κ2) is 9.40. The minimum atomic E-state index is -0.261. The number of nitrogens with zero attached hydrogens (tertiary/aromatic N) is 4. The molecule has 0 saturated heterocycles. The van der Waals surface area contributed by atoms with Crippen molar-refractivity contribution in [3.8, 4) is 0 Å². The largest absolute Gasteiger partial charge is 0.330 e. The number of nitrogens with one attached hydrogen (secondary N) is 2. The SMILES string of the molecule is Cc1ccccc1Cn1cc(NC(=S)Nc2nn(Cc3ccccc3F)cc2Br)cn1. The Morgan fingerprint density at radius 1 is 1.00 bits per heavy atom. The molecule has 0 spiro atoms. The molecule has 2 N–H and O–H groups in total. The Morgan fingerprint density at radius 3 is 2.48 bits per heavy atom. The van der Waals surface area contributed by atoms with Gasteiger partial charge in [0.25, 0.3) is 0 Å². The zero-order chi connectivity index (χ0) is 21.8. The Kier molecular flexibility index (Phi) is 6.43. The van der Waals surface area contributed by atoms with Gasteiger partial charge in [-0.05, 0) is 52.3 Å². The molecule has 0 amide bonds. The van der Waals surface area contributed by atoms with E-state index in [-0.39, 0.29) is 5.82 Å². The molecule has 0 atom stereocenters. The summed E-state index contributed by atoms with van der Waals surface area (Å²) in [7, 11) is 0. The molecule has 0 saturated carbocycles. The summed E-state index contributed by atoms with van der Waals surface area (Å²) in [5.41, 5.74) is 3.77. The van der Waals surface area contributed by atoms with Crippen LogP contribution in [0.25, 0.3) is 0 Å². The zero-order valence-electron chi connectivity index (χ0n) is 16.7. The maximum Gasteiger partial charge on any atom is 0.176 e. The van der Waals surface area contributed by atoms with Crippen molar-refractivity contribution in [2.75, 3.05) is 10.6 Å². The Balaban J connectivity index is 1.37. The number of hydrogen-bond donors (Lipinski definition) is 2. The first kappa shape index (κ1) is 21.2. The van der Waals surface area contributed by atoms with Gasteiger partial charge in [0.05, 0.1) is 29.4 Å². The van der Waals surface area contributed by atoms with Crippen LogP contribution in [-0.4, -0.2) is 24.7 Å². The van der Waals surface area contributed by atoms with Gasteiger partial charge in [-0.2, -0.15) is 10.2 Å². The zero-order valence-corrected chi connectivity index (χ0v) is 19.1. The third-order valence-corrected chi connectivity index (χ3v) is 5.51. The predicted molar refractivity (Wildman–Crippen MR) is 128 cm³/mol. The number of aromatic nitrogens is 4. The first-order valence-corrected chi connectivity index (χ1v) is 10.8. The summed E-state index contributed by atoms with van der Waals surface area (Å²) in [4.78, 5) is 0. The fourth-order valence-electron chi connectivity index (χ4n) is 3.11. The molecule has 2 heterocycles. The second-order valence-corrected chi connectivity index (χ2v) is 8.31. The summed E-state index contributed by atoms with van der Waals surface area (Å²) >= 11 is 8.88. The van der Waals surface area contributed by atoms with Gasteiger partial charge in [0, 0.05) is 18.0 Å². The first-order chi connectivity index (χ1) is 15.0. The molecule has 31 heavy (non-hydrogen) atoms. The number of aryl methyl sites for hydroxylation is 1. The van der Waals surface area contributed by atoms with Crippen LogP contribution in [0.1, 0.15) is 16.7 Å². The van der Waals surface area contributed by atoms with Crippen molar-refractivity contribution in [1.29, 1.82) is 0 Å². The van der Waals surface area contributed by atoms with E-state index in [1.54, 1.807) is 35.3 Å². The van der Waals surface area contributed by atoms with Crippen LogP contribution < -0.4 is 10.6 Å². The lowest BCUT2D eigenvalue weighted by Gasteiger charge is -2.07. The predicted octanol–water partition coefficient (Wildman–Crippen LogP) is 5.20. The molecule has 0 radical (unpaired) electrons. The van der Waals surface area contributed by atoms with Crippen molar-refractivity contribution in [1.82, 2.24) is 19.6 Å². The van der Waals surface area contributed by atoms with Crippen LogP contribution >= 0.6 is 28.1 Å². The molecule has 4 aromatic rings. The highest BCUT2D eigenvalue weighted by Gasteiger charge is 2.11. The monoisotopic (exact) mass is 498 g/mol. The van der Waals surface area contributed by atoms with Crippen molar-refractivity contribution in [3.63, 3.8) is 0 Å². The van der Waals surface area contributed by atoms with Crippen LogP contribution in [0.4, 0.5) is 15.9 Å². The molecule has 0 bridgehead atoms. The van der Waals surface area contributed by atoms with Crippen molar-refractivity contribution in [2.24, 2.45) is 0 Å². The van der Waals surface area contributed by atoms with E-state index in [0.717, 1.165) is 10.2 Å². The van der Waals surface area contributed by atoms with E-state index in [4.69, 9.17) is 12.2 Å². The number of rotatable bonds is 6. The van der Waals surface area contributed by atoms with Crippen molar-refractivity contribution in [2.45, 2.75) is 20.0 Å². The Hall–Kier alpha value is -3.04. The van der Waals surface area contributed by atoms with Gasteiger partial charge in [0.2, 0.25) is 0 Å². The van der Waals surface area contributed by atoms with E-state index in [0.29, 0.717) is 29.6 Å². The standard InChI is InChI=1S/C22H20BrFN6S/c1-15-6-2-3-7-16(15)11-29-13-18(10-25-29)26-22(31)27-21-19(23)14-30(28-21)12-17-8-4-5-9-20(17)24/h2-10,13-14H,11-12H2,1H3,(H2,26,27,28,31). The fraction of sp³-hybridized carbons (Fsp3) is 0.136. The Labute approximate surface area is 193 Å². The Bertz CT molecular complexity index is 1220. The van der Waals surface area contributed by atoms with Crippen LogP contribution in [0.15, 0.2) is 71.6 Å². The van der Waals surface area contributed by atoms with Gasteiger partial charge in [0.1, 0.15) is 5.82 Å². The molecule has 2 aromatic carbocycles. The number of benzene rings is 2. The van der Waals surface area contributed by atoms with E-state index in [1.165, 1.54) is 17.2 Å². The van der Waals surface area contributed by atoms with Crippen LogP contribution in [-0.2, 0) is 13.1 Å². The van der Waals surface area contributed by atoms with E-state index in [2.05, 4.69) is 55.8 Å². The van der Waals surface area contributed by atoms with Crippen molar-refractivity contribution < 1.29 is 4.39 Å². The third kappa shape index (κ3) is 5.36. The highest BCUT2D eigenvalue weighted by molar-refractivity contribution is 9.10. The summed E-state index contributed by atoms with van der Waals surface area (Å²) in [6.07, 6.45) is 5.39. The highest BCUT2D eigenvalue weighted by Crippen LogP contribution is 2.22. The van der Waals surface area contributed by atoms with Gasteiger partial charge >= 0.3 is 0 Å². The summed E-state index contributed by atoms with van der Waals surface area (Å²) < 4.78 is 18.1. The molecule has 0 fully saturated rings. The lowest BCUT2D eigenvalue weighted by Crippen LogP contribution is -2.19. The van der Waals surface area contributed by atoms with Gasteiger partial charge in [-0.1, -0.05) is 42.5 Å².